The summed E-state index contributed by atoms with van der Waals surface area (Å²) >= 11 is 6.85. The molecule has 2 heterocycles. The Kier molecular flexibility index (Phi) is 5.65. The minimum absolute atomic E-state index is 0.119. The summed E-state index contributed by atoms with van der Waals surface area (Å²) < 4.78 is 21.1. The van der Waals surface area contributed by atoms with Crippen molar-refractivity contribution in [1.82, 2.24) is 9.47 Å². The van der Waals surface area contributed by atoms with E-state index in [2.05, 4.69) is 0 Å². The highest BCUT2D eigenvalue weighted by Crippen LogP contribution is 2.34. The second-order valence-electron chi connectivity index (χ2n) is 6.52. The lowest BCUT2D eigenvalue weighted by atomic mass is 10.2. The van der Waals surface area contributed by atoms with Crippen molar-refractivity contribution >= 4 is 40.6 Å². The van der Waals surface area contributed by atoms with E-state index in [1.54, 1.807) is 13.2 Å². The second kappa shape index (κ2) is 8.38. The van der Waals surface area contributed by atoms with E-state index >= 15 is 0 Å². The average molecular weight is 443 g/mol. The Morgan fingerprint density at radius 2 is 1.90 bits per heavy atom. The van der Waals surface area contributed by atoms with Crippen molar-refractivity contribution in [2.24, 2.45) is 0 Å². The van der Waals surface area contributed by atoms with Crippen LogP contribution in [0.3, 0.4) is 0 Å². The van der Waals surface area contributed by atoms with Crippen molar-refractivity contribution in [2.45, 2.75) is 6.54 Å². The zero-order valence-corrected chi connectivity index (χ0v) is 17.4. The SMILES string of the molecule is COc1ccc(-n2ccc(/C=C3/SC(=O)N(Cc4c(F)cccc4Cl)C3=O)c2)cc1. The summed E-state index contributed by atoms with van der Waals surface area (Å²) in [6.45, 7) is -0.208. The maximum Gasteiger partial charge on any atom is 0.293 e. The lowest BCUT2D eigenvalue weighted by molar-refractivity contribution is -0.123. The fraction of sp³-hybridized carbons (Fsp3) is 0.0909. The van der Waals surface area contributed by atoms with Crippen molar-refractivity contribution in [3.63, 3.8) is 0 Å². The van der Waals surface area contributed by atoms with Crippen molar-refractivity contribution < 1.29 is 18.7 Å². The van der Waals surface area contributed by atoms with Crippen LogP contribution in [0.15, 0.2) is 65.8 Å². The van der Waals surface area contributed by atoms with Gasteiger partial charge in [-0.25, -0.2) is 4.39 Å². The van der Waals surface area contributed by atoms with Crippen molar-refractivity contribution in [3.8, 4) is 11.4 Å². The summed E-state index contributed by atoms with van der Waals surface area (Å²) in [5.74, 6) is -0.265. The lowest BCUT2D eigenvalue weighted by Crippen LogP contribution is -2.28. The number of aromatic nitrogens is 1. The number of imide groups is 1. The molecule has 2 amide bonds. The lowest BCUT2D eigenvalue weighted by Gasteiger charge is -2.14. The minimum atomic E-state index is -0.554. The Bertz CT molecular complexity index is 1140. The van der Waals surface area contributed by atoms with E-state index < -0.39 is 17.0 Å². The van der Waals surface area contributed by atoms with E-state index in [0.29, 0.717) is 0 Å². The van der Waals surface area contributed by atoms with Gasteiger partial charge in [0.1, 0.15) is 11.6 Å². The third-order valence-electron chi connectivity index (χ3n) is 4.64. The monoisotopic (exact) mass is 442 g/mol. The van der Waals surface area contributed by atoms with E-state index in [0.717, 1.165) is 33.7 Å². The van der Waals surface area contributed by atoms with Gasteiger partial charge < -0.3 is 9.30 Å². The molecule has 1 aliphatic rings. The predicted molar refractivity (Wildman–Crippen MR) is 115 cm³/mol. The number of carbonyl (C=O) groups excluding carboxylic acids is 2. The molecule has 0 N–H and O–H groups in total. The molecule has 1 fully saturated rings. The highest BCUT2D eigenvalue weighted by atomic mass is 35.5. The molecule has 0 unspecified atom stereocenters. The molecule has 152 valence electrons. The predicted octanol–water partition coefficient (Wildman–Crippen LogP) is 5.51. The normalized spacial score (nSPS) is 15.3. The van der Waals surface area contributed by atoms with Crippen molar-refractivity contribution in [3.05, 3.63) is 87.8 Å². The molecule has 2 aromatic carbocycles. The summed E-state index contributed by atoms with van der Waals surface area (Å²) in [5, 5.41) is -0.283. The molecule has 0 saturated carbocycles. The molecule has 0 bridgehead atoms. The zero-order chi connectivity index (χ0) is 21.3. The number of hydrogen-bond acceptors (Lipinski definition) is 4. The van der Waals surface area contributed by atoms with Gasteiger partial charge in [-0.3, -0.25) is 14.5 Å². The first-order valence-electron chi connectivity index (χ1n) is 8.97. The van der Waals surface area contributed by atoms with Crippen LogP contribution in [-0.4, -0.2) is 27.7 Å². The molecule has 1 aliphatic heterocycles. The van der Waals surface area contributed by atoms with Crippen molar-refractivity contribution in [2.75, 3.05) is 7.11 Å². The number of hydrogen-bond donors (Lipinski definition) is 0. The van der Waals surface area contributed by atoms with Crippen LogP contribution in [0.4, 0.5) is 9.18 Å². The molecule has 1 saturated heterocycles. The van der Waals surface area contributed by atoms with Crippen LogP contribution in [0.1, 0.15) is 11.1 Å². The van der Waals surface area contributed by atoms with Crippen LogP contribution >= 0.6 is 23.4 Å². The Hall–Kier alpha value is -3.03. The van der Waals surface area contributed by atoms with Gasteiger partial charge in [0.15, 0.2) is 0 Å². The van der Waals surface area contributed by atoms with Gasteiger partial charge in [-0.15, -0.1) is 0 Å². The van der Waals surface area contributed by atoms with Crippen LogP contribution in [0.25, 0.3) is 11.8 Å². The second-order valence-corrected chi connectivity index (χ2v) is 7.92. The number of rotatable bonds is 5. The van der Waals surface area contributed by atoms with Crippen LogP contribution in [0, 0.1) is 5.82 Å². The fourth-order valence-electron chi connectivity index (χ4n) is 3.04. The first-order chi connectivity index (χ1) is 14.5. The van der Waals surface area contributed by atoms with Crippen LogP contribution < -0.4 is 4.74 Å². The fourth-order valence-corrected chi connectivity index (χ4v) is 4.10. The quantitative estimate of drug-likeness (QED) is 0.488. The van der Waals surface area contributed by atoms with E-state index in [-0.39, 0.29) is 22.0 Å². The summed E-state index contributed by atoms with van der Waals surface area (Å²) in [4.78, 5) is 26.3. The number of carbonyl (C=O) groups is 2. The van der Waals surface area contributed by atoms with Gasteiger partial charge in [-0.1, -0.05) is 17.7 Å². The molecule has 0 atom stereocenters. The van der Waals surface area contributed by atoms with Gasteiger partial charge in [-0.2, -0.15) is 0 Å². The maximum absolute atomic E-state index is 14.0. The number of ether oxygens (including phenoxy) is 1. The Morgan fingerprint density at radius 3 is 2.60 bits per heavy atom. The molecular weight excluding hydrogens is 427 g/mol. The highest BCUT2D eigenvalue weighted by molar-refractivity contribution is 8.18. The molecular formula is C22H16ClFN2O3S. The number of amides is 2. The first-order valence-corrected chi connectivity index (χ1v) is 10.2. The third-order valence-corrected chi connectivity index (χ3v) is 5.90. The molecule has 4 rings (SSSR count). The molecule has 1 aromatic heterocycles. The Balaban J connectivity index is 1.54. The topological polar surface area (TPSA) is 51.5 Å². The third kappa shape index (κ3) is 3.99. The Labute approximate surface area is 181 Å². The summed E-state index contributed by atoms with van der Waals surface area (Å²) in [5.41, 5.74) is 1.81. The summed E-state index contributed by atoms with van der Waals surface area (Å²) in [6, 6.07) is 13.6. The summed E-state index contributed by atoms with van der Waals surface area (Å²) in [7, 11) is 1.61. The first kappa shape index (κ1) is 20.3. The van der Waals surface area contributed by atoms with Gasteiger partial charge in [0.2, 0.25) is 0 Å². The Morgan fingerprint density at radius 1 is 1.13 bits per heavy atom. The number of nitrogens with zero attached hydrogens (tertiary/aromatic N) is 2. The van der Waals surface area contributed by atoms with Gasteiger partial charge >= 0.3 is 0 Å². The van der Waals surface area contributed by atoms with E-state index in [9.17, 15) is 14.0 Å². The van der Waals surface area contributed by atoms with Gasteiger partial charge in [-0.05, 0) is 65.9 Å². The van der Waals surface area contributed by atoms with E-state index in [1.165, 1.54) is 18.2 Å². The number of thioether (sulfide) groups is 1. The molecule has 8 heteroatoms. The minimum Gasteiger partial charge on any atom is -0.497 e. The number of methoxy groups -OCH3 is 1. The molecule has 0 radical (unpaired) electrons. The van der Waals surface area contributed by atoms with Crippen LogP contribution in [-0.2, 0) is 11.3 Å². The van der Waals surface area contributed by atoms with Gasteiger partial charge in [0, 0.05) is 28.7 Å². The average Bonchev–Trinajstić information content (AvgIpc) is 3.30. The largest absolute Gasteiger partial charge is 0.497 e. The van der Waals surface area contributed by atoms with Crippen molar-refractivity contribution in [1.29, 1.82) is 0 Å². The molecule has 30 heavy (non-hydrogen) atoms. The van der Waals surface area contributed by atoms with Crippen LogP contribution in [0.5, 0.6) is 5.75 Å². The summed E-state index contributed by atoms with van der Waals surface area (Å²) in [6.07, 6.45) is 5.36. The van der Waals surface area contributed by atoms with E-state index in [4.69, 9.17) is 16.3 Å². The molecule has 0 aliphatic carbocycles. The molecule has 5 nitrogen and oxygen atoms in total. The standard InChI is InChI=1S/C22H16ClFN2O3S/c1-29-16-7-5-15(6-8-16)25-10-9-14(12-25)11-20-21(27)26(22(28)30-20)13-17-18(23)3-2-4-19(17)24/h2-12H,13H2,1H3/b20-11+. The highest BCUT2D eigenvalue weighted by Gasteiger charge is 2.35. The number of benzene rings is 2. The molecule has 3 aromatic rings. The van der Waals surface area contributed by atoms with E-state index in [1.807, 2.05) is 47.3 Å². The smallest absolute Gasteiger partial charge is 0.293 e. The molecule has 0 spiro atoms. The van der Waals surface area contributed by atoms with Gasteiger partial charge in [0.25, 0.3) is 11.1 Å². The number of halogens is 2. The van der Waals surface area contributed by atoms with Gasteiger partial charge in [0.05, 0.1) is 18.6 Å². The maximum atomic E-state index is 14.0. The zero-order valence-electron chi connectivity index (χ0n) is 15.8. The van der Waals surface area contributed by atoms with Crippen LogP contribution in [0.2, 0.25) is 5.02 Å².